The maximum absolute atomic E-state index is 14.4. The van der Waals surface area contributed by atoms with Crippen LogP contribution in [-0.4, -0.2) is 54.5 Å². The van der Waals surface area contributed by atoms with Crippen molar-refractivity contribution in [3.05, 3.63) is 60.4 Å². The standard InChI is InChI=1S/C25H27FN8/c1-17(2)18-10-25(32-28-12-18)31-24-6-5-22-23(30-24)9-19(11-27-22)20-13-29-34(14-20)16-21(26)15-33-7-3-4-8-33/h5-6,9-14,16-17H,3-4,7-8,15H2,1-2H3,(H,30,31,32)/b21-16+. The summed E-state index contributed by atoms with van der Waals surface area (Å²) in [6.07, 6.45) is 10.8. The van der Waals surface area contributed by atoms with Gasteiger partial charge in [0.15, 0.2) is 5.82 Å². The van der Waals surface area contributed by atoms with Crippen molar-refractivity contribution in [2.75, 3.05) is 25.0 Å². The fraction of sp³-hybridized carbons (Fsp3) is 0.320. The first-order chi connectivity index (χ1) is 16.5. The zero-order chi connectivity index (χ0) is 23.5. The van der Waals surface area contributed by atoms with Crippen LogP contribution in [0.2, 0.25) is 0 Å². The van der Waals surface area contributed by atoms with E-state index >= 15 is 0 Å². The summed E-state index contributed by atoms with van der Waals surface area (Å²) in [7, 11) is 0. The first-order valence-corrected chi connectivity index (χ1v) is 11.5. The average molecular weight is 459 g/mol. The maximum Gasteiger partial charge on any atom is 0.154 e. The largest absolute Gasteiger partial charge is 0.323 e. The Kier molecular flexibility index (Phi) is 6.27. The minimum atomic E-state index is -0.199. The molecule has 4 aromatic rings. The van der Waals surface area contributed by atoms with Gasteiger partial charge in [0.1, 0.15) is 11.6 Å². The second kappa shape index (κ2) is 9.64. The summed E-state index contributed by atoms with van der Waals surface area (Å²) in [5.41, 5.74) is 4.32. The second-order valence-corrected chi connectivity index (χ2v) is 8.88. The lowest BCUT2D eigenvalue weighted by atomic mass is 10.1. The lowest BCUT2D eigenvalue weighted by Crippen LogP contribution is -2.20. The van der Waals surface area contributed by atoms with Crippen molar-refractivity contribution < 1.29 is 4.39 Å². The highest BCUT2D eigenvalue weighted by atomic mass is 19.1. The minimum Gasteiger partial charge on any atom is -0.323 e. The zero-order valence-electron chi connectivity index (χ0n) is 19.3. The van der Waals surface area contributed by atoms with Crippen molar-refractivity contribution in [3.63, 3.8) is 0 Å². The molecule has 5 heterocycles. The Morgan fingerprint density at radius 2 is 1.91 bits per heavy atom. The van der Waals surface area contributed by atoms with Crippen molar-refractivity contribution in [1.82, 2.24) is 34.8 Å². The molecule has 1 aliphatic heterocycles. The Hall–Kier alpha value is -3.72. The SMILES string of the molecule is CC(C)c1cnnc(Nc2ccc3ncc(-c4cnn(/C=C(/F)CN5CCCC5)c4)cc3n2)c1. The maximum atomic E-state index is 14.4. The van der Waals surface area contributed by atoms with E-state index in [1.165, 1.54) is 10.9 Å². The highest BCUT2D eigenvalue weighted by Crippen LogP contribution is 2.24. The van der Waals surface area contributed by atoms with E-state index in [1.807, 2.05) is 24.3 Å². The van der Waals surface area contributed by atoms with Crippen LogP contribution in [-0.2, 0) is 0 Å². The van der Waals surface area contributed by atoms with Crippen molar-refractivity contribution in [3.8, 4) is 11.1 Å². The second-order valence-electron chi connectivity index (χ2n) is 8.88. The summed E-state index contributed by atoms with van der Waals surface area (Å²) in [6.45, 7) is 6.46. The summed E-state index contributed by atoms with van der Waals surface area (Å²) >= 11 is 0. The molecule has 0 atom stereocenters. The molecule has 1 aliphatic rings. The predicted molar refractivity (Wildman–Crippen MR) is 131 cm³/mol. The van der Waals surface area contributed by atoms with Crippen LogP contribution in [0, 0.1) is 0 Å². The Labute approximate surface area is 197 Å². The van der Waals surface area contributed by atoms with Crippen LogP contribution in [0.25, 0.3) is 28.4 Å². The van der Waals surface area contributed by atoms with E-state index in [4.69, 9.17) is 4.98 Å². The number of aromatic nitrogens is 6. The fourth-order valence-corrected chi connectivity index (χ4v) is 4.02. The molecule has 0 aliphatic carbocycles. The molecule has 0 aromatic carbocycles. The van der Waals surface area contributed by atoms with E-state index < -0.39 is 0 Å². The van der Waals surface area contributed by atoms with Crippen LogP contribution < -0.4 is 5.32 Å². The average Bonchev–Trinajstić information content (AvgIpc) is 3.51. The number of fused-ring (bicyclic) bond motifs is 1. The van der Waals surface area contributed by atoms with E-state index in [-0.39, 0.29) is 5.83 Å². The predicted octanol–water partition coefficient (Wildman–Crippen LogP) is 5.01. The van der Waals surface area contributed by atoms with Gasteiger partial charge in [-0.2, -0.15) is 10.2 Å². The van der Waals surface area contributed by atoms with Gasteiger partial charge in [0.2, 0.25) is 0 Å². The molecule has 5 rings (SSSR count). The molecule has 1 N–H and O–H groups in total. The van der Waals surface area contributed by atoms with Crippen LogP contribution in [0.1, 0.15) is 38.2 Å². The number of rotatable bonds is 7. The van der Waals surface area contributed by atoms with E-state index in [0.717, 1.165) is 53.7 Å². The third-order valence-electron chi connectivity index (χ3n) is 5.92. The quantitative estimate of drug-likeness (QED) is 0.416. The van der Waals surface area contributed by atoms with Gasteiger partial charge in [-0.25, -0.2) is 14.1 Å². The van der Waals surface area contributed by atoms with Gasteiger partial charge in [0.05, 0.1) is 36.2 Å². The number of hydrogen-bond acceptors (Lipinski definition) is 7. The van der Waals surface area contributed by atoms with Crippen molar-refractivity contribution in [1.29, 1.82) is 0 Å². The summed E-state index contributed by atoms with van der Waals surface area (Å²) in [5, 5.41) is 15.7. The minimum absolute atomic E-state index is 0.199. The lowest BCUT2D eigenvalue weighted by Gasteiger charge is -2.12. The fourth-order valence-electron chi connectivity index (χ4n) is 4.02. The van der Waals surface area contributed by atoms with Crippen LogP contribution in [0.3, 0.4) is 0 Å². The zero-order valence-corrected chi connectivity index (χ0v) is 19.3. The molecule has 0 bridgehead atoms. The van der Waals surface area contributed by atoms with Gasteiger partial charge in [0.25, 0.3) is 0 Å². The number of nitrogens with zero attached hydrogens (tertiary/aromatic N) is 7. The van der Waals surface area contributed by atoms with Gasteiger partial charge in [-0.05, 0) is 61.7 Å². The summed E-state index contributed by atoms with van der Waals surface area (Å²) in [5.74, 6) is 1.46. The van der Waals surface area contributed by atoms with Gasteiger partial charge in [-0.1, -0.05) is 13.8 Å². The molecule has 0 spiro atoms. The van der Waals surface area contributed by atoms with Crippen molar-refractivity contribution >= 4 is 28.9 Å². The summed E-state index contributed by atoms with van der Waals surface area (Å²) in [4.78, 5) is 11.3. The van der Waals surface area contributed by atoms with Crippen LogP contribution in [0.15, 0.2) is 54.9 Å². The molecule has 9 heteroatoms. The first kappa shape index (κ1) is 22.1. The molecule has 0 saturated carbocycles. The van der Waals surface area contributed by atoms with Crippen LogP contribution in [0.5, 0.6) is 0 Å². The van der Waals surface area contributed by atoms with Gasteiger partial charge < -0.3 is 5.32 Å². The monoisotopic (exact) mass is 458 g/mol. The molecule has 8 nitrogen and oxygen atoms in total. The number of anilines is 2. The van der Waals surface area contributed by atoms with Gasteiger partial charge >= 0.3 is 0 Å². The smallest absolute Gasteiger partial charge is 0.154 e. The number of pyridine rings is 2. The Balaban J connectivity index is 1.35. The molecular weight excluding hydrogens is 431 g/mol. The van der Waals surface area contributed by atoms with Gasteiger partial charge in [-0.3, -0.25) is 9.88 Å². The molecule has 34 heavy (non-hydrogen) atoms. The highest BCUT2D eigenvalue weighted by Gasteiger charge is 2.13. The topological polar surface area (TPSA) is 84.7 Å². The van der Waals surface area contributed by atoms with E-state index in [9.17, 15) is 4.39 Å². The molecule has 4 aromatic heterocycles. The van der Waals surface area contributed by atoms with Crippen molar-refractivity contribution in [2.45, 2.75) is 32.6 Å². The summed E-state index contributed by atoms with van der Waals surface area (Å²) in [6, 6.07) is 7.71. The number of nitrogens with one attached hydrogen (secondary N) is 1. The first-order valence-electron chi connectivity index (χ1n) is 11.5. The van der Waals surface area contributed by atoms with Crippen LogP contribution >= 0.6 is 0 Å². The van der Waals surface area contributed by atoms with Gasteiger partial charge in [-0.15, -0.1) is 5.10 Å². The van der Waals surface area contributed by atoms with Crippen molar-refractivity contribution in [2.24, 2.45) is 0 Å². The van der Waals surface area contributed by atoms with E-state index in [1.54, 1.807) is 24.8 Å². The van der Waals surface area contributed by atoms with Crippen LogP contribution in [0.4, 0.5) is 16.0 Å². The Morgan fingerprint density at radius 1 is 1.06 bits per heavy atom. The third-order valence-corrected chi connectivity index (χ3v) is 5.92. The number of hydrogen-bond donors (Lipinski definition) is 1. The Bertz CT molecular complexity index is 1320. The molecule has 174 valence electrons. The molecular formula is C25H27FN8. The molecule has 0 radical (unpaired) electrons. The summed E-state index contributed by atoms with van der Waals surface area (Å²) < 4.78 is 15.9. The molecule has 1 saturated heterocycles. The molecule has 0 unspecified atom stereocenters. The van der Waals surface area contributed by atoms with E-state index in [2.05, 4.69) is 44.3 Å². The van der Waals surface area contributed by atoms with E-state index in [0.29, 0.717) is 24.1 Å². The molecule has 0 amide bonds. The third kappa shape index (κ3) is 5.09. The highest BCUT2D eigenvalue weighted by molar-refractivity contribution is 5.81. The normalized spacial score (nSPS) is 14.9. The molecule has 1 fully saturated rings. The van der Waals surface area contributed by atoms with Gasteiger partial charge in [0, 0.05) is 23.5 Å². The number of likely N-dealkylation sites (tertiary alicyclic amines) is 1. The lowest BCUT2D eigenvalue weighted by molar-refractivity contribution is 0.340. The Morgan fingerprint density at radius 3 is 2.74 bits per heavy atom. The number of halogens is 1.